The first kappa shape index (κ1) is 16.9. The lowest BCUT2D eigenvalue weighted by atomic mass is 10.1. The normalized spacial score (nSPS) is 19.4. The molecule has 0 spiro atoms. The molecule has 3 rings (SSSR count). The van der Waals surface area contributed by atoms with Crippen molar-refractivity contribution in [2.24, 2.45) is 0 Å². The highest BCUT2D eigenvalue weighted by Gasteiger charge is 2.23. The van der Waals surface area contributed by atoms with E-state index in [4.69, 9.17) is 0 Å². The van der Waals surface area contributed by atoms with Crippen molar-refractivity contribution in [3.8, 4) is 0 Å². The summed E-state index contributed by atoms with van der Waals surface area (Å²) in [5.74, 6) is -0.0285. The first-order valence-electron chi connectivity index (χ1n) is 8.95. The average Bonchev–Trinajstić information content (AvgIpc) is 2.67. The van der Waals surface area contributed by atoms with Crippen molar-refractivity contribution < 1.29 is 9.59 Å². The van der Waals surface area contributed by atoms with Gasteiger partial charge in [-0.25, -0.2) is 0 Å². The van der Waals surface area contributed by atoms with Gasteiger partial charge in [0.15, 0.2) is 0 Å². The lowest BCUT2D eigenvalue weighted by molar-refractivity contribution is 0.0643. The Balaban J connectivity index is 1.68. The van der Waals surface area contributed by atoms with Crippen LogP contribution in [0.2, 0.25) is 0 Å². The molecule has 24 heavy (non-hydrogen) atoms. The summed E-state index contributed by atoms with van der Waals surface area (Å²) in [5, 5.41) is 0. The Kier molecular flexibility index (Phi) is 5.45. The molecule has 0 aliphatic carbocycles. The highest BCUT2D eigenvalue weighted by Crippen LogP contribution is 2.15. The number of likely N-dealkylation sites (N-methyl/N-ethyl adjacent to an activating group) is 1. The molecule has 130 valence electrons. The summed E-state index contributed by atoms with van der Waals surface area (Å²) in [6.45, 7) is 8.03. The van der Waals surface area contributed by atoms with Crippen LogP contribution in [0.1, 0.15) is 46.9 Å². The van der Waals surface area contributed by atoms with E-state index < -0.39 is 0 Å². The Labute approximate surface area is 143 Å². The molecule has 3 heterocycles. The third-order valence-electron chi connectivity index (χ3n) is 4.98. The standard InChI is InChI=1S/C18H26N4O2/c1-2-20-8-10-22(11-9-20)18(24)16-12-15(13-19-14-16)17(23)21-6-4-3-5-7-21/h12-14H,2-11H2,1H3. The highest BCUT2D eigenvalue weighted by molar-refractivity contribution is 5.99. The Bertz CT molecular complexity index is 590. The molecule has 2 aliphatic heterocycles. The number of pyridine rings is 1. The maximum absolute atomic E-state index is 12.7. The summed E-state index contributed by atoms with van der Waals surface area (Å²) in [6.07, 6.45) is 6.44. The van der Waals surface area contributed by atoms with E-state index in [0.717, 1.165) is 58.7 Å². The Morgan fingerprint density at radius 2 is 1.42 bits per heavy atom. The summed E-state index contributed by atoms with van der Waals surface area (Å²) in [7, 11) is 0. The van der Waals surface area contributed by atoms with Gasteiger partial charge in [0.05, 0.1) is 11.1 Å². The number of likely N-dealkylation sites (tertiary alicyclic amines) is 1. The van der Waals surface area contributed by atoms with E-state index in [1.54, 1.807) is 18.5 Å². The van der Waals surface area contributed by atoms with Crippen molar-refractivity contribution in [2.45, 2.75) is 26.2 Å². The van der Waals surface area contributed by atoms with E-state index in [1.807, 2.05) is 9.80 Å². The van der Waals surface area contributed by atoms with Crippen LogP contribution in [0.25, 0.3) is 0 Å². The average molecular weight is 330 g/mol. The Morgan fingerprint density at radius 1 is 0.875 bits per heavy atom. The van der Waals surface area contributed by atoms with E-state index in [9.17, 15) is 9.59 Å². The van der Waals surface area contributed by atoms with Crippen LogP contribution in [0.3, 0.4) is 0 Å². The van der Waals surface area contributed by atoms with Crippen LogP contribution in [-0.4, -0.2) is 77.3 Å². The van der Waals surface area contributed by atoms with Gasteiger partial charge in [-0.05, 0) is 31.9 Å². The minimum atomic E-state index is -0.0217. The molecule has 0 radical (unpaired) electrons. The first-order chi connectivity index (χ1) is 11.7. The van der Waals surface area contributed by atoms with Gasteiger partial charge in [-0.1, -0.05) is 6.92 Å². The molecule has 0 bridgehead atoms. The van der Waals surface area contributed by atoms with Gasteiger partial charge >= 0.3 is 0 Å². The van der Waals surface area contributed by atoms with Gasteiger partial charge in [0.25, 0.3) is 11.8 Å². The molecule has 0 aromatic carbocycles. The minimum absolute atomic E-state index is 0.00680. The number of aromatic nitrogens is 1. The fourth-order valence-electron chi connectivity index (χ4n) is 3.40. The van der Waals surface area contributed by atoms with Crippen LogP contribution >= 0.6 is 0 Å². The zero-order chi connectivity index (χ0) is 16.9. The van der Waals surface area contributed by atoms with E-state index in [0.29, 0.717) is 11.1 Å². The molecule has 2 saturated heterocycles. The number of piperazine rings is 1. The third kappa shape index (κ3) is 3.75. The van der Waals surface area contributed by atoms with Gasteiger partial charge in [-0.2, -0.15) is 0 Å². The molecule has 0 atom stereocenters. The second-order valence-electron chi connectivity index (χ2n) is 6.54. The summed E-state index contributed by atoms with van der Waals surface area (Å²) in [5.41, 5.74) is 1.04. The lowest BCUT2D eigenvalue weighted by Crippen LogP contribution is -2.48. The molecule has 1 aromatic heterocycles. The number of carbonyl (C=O) groups is 2. The number of hydrogen-bond donors (Lipinski definition) is 0. The number of piperidine rings is 1. The van der Waals surface area contributed by atoms with Crippen LogP contribution in [0.5, 0.6) is 0 Å². The van der Waals surface area contributed by atoms with Gasteiger partial charge in [0.1, 0.15) is 0 Å². The van der Waals surface area contributed by atoms with E-state index in [-0.39, 0.29) is 11.8 Å². The predicted octanol–water partition coefficient (Wildman–Crippen LogP) is 1.49. The first-order valence-corrected chi connectivity index (χ1v) is 8.95. The largest absolute Gasteiger partial charge is 0.339 e. The second-order valence-corrected chi connectivity index (χ2v) is 6.54. The molecule has 2 amide bonds. The fraction of sp³-hybridized carbons (Fsp3) is 0.611. The maximum atomic E-state index is 12.7. The van der Waals surface area contributed by atoms with Gasteiger partial charge in [-0.3, -0.25) is 14.6 Å². The molecule has 0 N–H and O–H groups in total. The molecule has 2 fully saturated rings. The van der Waals surface area contributed by atoms with Gasteiger partial charge < -0.3 is 14.7 Å². The highest BCUT2D eigenvalue weighted by atomic mass is 16.2. The van der Waals surface area contributed by atoms with E-state index >= 15 is 0 Å². The van der Waals surface area contributed by atoms with Crippen molar-refractivity contribution in [3.63, 3.8) is 0 Å². The Hall–Kier alpha value is -1.95. The lowest BCUT2D eigenvalue weighted by Gasteiger charge is -2.34. The monoisotopic (exact) mass is 330 g/mol. The zero-order valence-corrected chi connectivity index (χ0v) is 14.4. The number of nitrogens with zero attached hydrogens (tertiary/aromatic N) is 4. The molecule has 6 nitrogen and oxygen atoms in total. The van der Waals surface area contributed by atoms with Crippen LogP contribution in [0, 0.1) is 0 Å². The molecular formula is C18H26N4O2. The van der Waals surface area contributed by atoms with Gasteiger partial charge in [-0.15, -0.1) is 0 Å². The smallest absolute Gasteiger partial charge is 0.255 e. The van der Waals surface area contributed by atoms with Crippen molar-refractivity contribution >= 4 is 11.8 Å². The van der Waals surface area contributed by atoms with Crippen LogP contribution in [0.15, 0.2) is 18.5 Å². The topological polar surface area (TPSA) is 56.8 Å². The quantitative estimate of drug-likeness (QED) is 0.842. The maximum Gasteiger partial charge on any atom is 0.255 e. The summed E-state index contributed by atoms with van der Waals surface area (Å²) < 4.78 is 0. The molecule has 6 heteroatoms. The number of carbonyl (C=O) groups excluding carboxylic acids is 2. The van der Waals surface area contributed by atoms with E-state index in [1.165, 1.54) is 6.42 Å². The van der Waals surface area contributed by atoms with Crippen molar-refractivity contribution in [1.82, 2.24) is 19.7 Å². The molecular weight excluding hydrogens is 304 g/mol. The van der Waals surface area contributed by atoms with Crippen molar-refractivity contribution in [2.75, 3.05) is 45.8 Å². The van der Waals surface area contributed by atoms with Crippen molar-refractivity contribution in [3.05, 3.63) is 29.6 Å². The minimum Gasteiger partial charge on any atom is -0.339 e. The predicted molar refractivity (Wildman–Crippen MR) is 92.0 cm³/mol. The van der Waals surface area contributed by atoms with E-state index in [2.05, 4.69) is 16.8 Å². The molecule has 0 saturated carbocycles. The fourth-order valence-corrected chi connectivity index (χ4v) is 3.40. The number of hydrogen-bond acceptors (Lipinski definition) is 4. The molecule has 0 unspecified atom stereocenters. The van der Waals surface area contributed by atoms with Gasteiger partial charge in [0.2, 0.25) is 0 Å². The van der Waals surface area contributed by atoms with Gasteiger partial charge in [0, 0.05) is 51.7 Å². The molecule has 1 aromatic rings. The van der Waals surface area contributed by atoms with Crippen LogP contribution < -0.4 is 0 Å². The second kappa shape index (κ2) is 7.75. The molecule has 2 aliphatic rings. The summed E-state index contributed by atoms with van der Waals surface area (Å²) >= 11 is 0. The zero-order valence-electron chi connectivity index (χ0n) is 14.4. The SMILES string of the molecule is CCN1CCN(C(=O)c2cncc(C(=O)N3CCCCC3)c2)CC1. The third-order valence-corrected chi connectivity index (χ3v) is 4.98. The van der Waals surface area contributed by atoms with Crippen molar-refractivity contribution in [1.29, 1.82) is 0 Å². The Morgan fingerprint density at radius 3 is 1.96 bits per heavy atom. The van der Waals surface area contributed by atoms with Crippen LogP contribution in [0.4, 0.5) is 0 Å². The number of rotatable bonds is 3. The van der Waals surface area contributed by atoms with Crippen LogP contribution in [-0.2, 0) is 0 Å². The summed E-state index contributed by atoms with van der Waals surface area (Å²) in [4.78, 5) is 35.5. The summed E-state index contributed by atoms with van der Waals surface area (Å²) in [6, 6.07) is 1.71. The number of amides is 2.